The molecule has 0 bridgehead atoms. The third-order valence-electron chi connectivity index (χ3n) is 2.52. The number of benzene rings is 1. The first kappa shape index (κ1) is 9.77. The lowest BCUT2D eigenvalue weighted by Crippen LogP contribution is -1.99. The smallest absolute Gasteiger partial charge is 0.335 e. The molecule has 78 valence electrons. The average Bonchev–Trinajstić information content (AvgIpc) is 2.65. The number of hydrogen-bond acceptors (Lipinski definition) is 2. The van der Waals surface area contributed by atoms with Gasteiger partial charge in [0.05, 0.1) is 12.2 Å². The molecule has 0 radical (unpaired) electrons. The molecule has 3 nitrogen and oxygen atoms in total. The fourth-order valence-electron chi connectivity index (χ4n) is 1.77. The summed E-state index contributed by atoms with van der Waals surface area (Å²) in [4.78, 5) is 10.9. The van der Waals surface area contributed by atoms with E-state index >= 15 is 0 Å². The molecule has 0 fully saturated rings. The Balaban J connectivity index is 2.42. The summed E-state index contributed by atoms with van der Waals surface area (Å²) in [5, 5.41) is 8.98. The van der Waals surface area contributed by atoms with Crippen LogP contribution in [0.15, 0.2) is 24.3 Å². The molecule has 0 unspecified atom stereocenters. The largest absolute Gasteiger partial charge is 0.493 e. The van der Waals surface area contributed by atoms with Crippen molar-refractivity contribution in [2.24, 2.45) is 0 Å². The van der Waals surface area contributed by atoms with Crippen molar-refractivity contribution in [3.8, 4) is 5.75 Å². The van der Waals surface area contributed by atoms with Crippen LogP contribution >= 0.6 is 0 Å². The van der Waals surface area contributed by atoms with E-state index in [0.29, 0.717) is 12.2 Å². The predicted octanol–water partition coefficient (Wildman–Crippen LogP) is 2.11. The molecule has 1 aromatic carbocycles. The van der Waals surface area contributed by atoms with Crippen molar-refractivity contribution in [2.45, 2.75) is 13.3 Å². The van der Waals surface area contributed by atoms with Gasteiger partial charge in [0.25, 0.3) is 0 Å². The van der Waals surface area contributed by atoms with Gasteiger partial charge in [-0.15, -0.1) is 0 Å². The second-order valence-corrected chi connectivity index (χ2v) is 3.43. The van der Waals surface area contributed by atoms with Crippen LogP contribution in [0.25, 0.3) is 5.57 Å². The summed E-state index contributed by atoms with van der Waals surface area (Å²) < 4.78 is 5.36. The number of fused-ring (bicyclic) bond motifs is 1. The van der Waals surface area contributed by atoms with Gasteiger partial charge < -0.3 is 9.84 Å². The monoisotopic (exact) mass is 204 g/mol. The van der Waals surface area contributed by atoms with Crippen LogP contribution in [0.3, 0.4) is 0 Å². The molecule has 2 rings (SSSR count). The van der Waals surface area contributed by atoms with E-state index in [4.69, 9.17) is 9.84 Å². The van der Waals surface area contributed by atoms with Crippen molar-refractivity contribution in [3.05, 3.63) is 35.4 Å². The first-order chi connectivity index (χ1) is 7.22. The molecule has 1 aromatic rings. The molecule has 0 saturated carbocycles. The van der Waals surface area contributed by atoms with Crippen molar-refractivity contribution in [2.75, 3.05) is 6.61 Å². The third kappa shape index (κ3) is 1.73. The predicted molar refractivity (Wildman–Crippen MR) is 56.9 cm³/mol. The molecule has 1 aliphatic rings. The van der Waals surface area contributed by atoms with E-state index in [9.17, 15) is 4.79 Å². The molecule has 0 aliphatic carbocycles. The summed E-state index contributed by atoms with van der Waals surface area (Å²) in [6.07, 6.45) is 2.47. The number of allylic oxidation sites excluding steroid dienone is 1. The quantitative estimate of drug-likeness (QED) is 0.750. The Kier molecular flexibility index (Phi) is 2.46. The molecule has 1 heterocycles. The molecule has 0 amide bonds. The van der Waals surface area contributed by atoms with Gasteiger partial charge in [-0.05, 0) is 30.2 Å². The van der Waals surface area contributed by atoms with Gasteiger partial charge in [0.2, 0.25) is 0 Å². The van der Waals surface area contributed by atoms with Crippen LogP contribution in [0.1, 0.15) is 18.1 Å². The van der Waals surface area contributed by atoms with Gasteiger partial charge >= 0.3 is 5.97 Å². The van der Waals surface area contributed by atoms with Crippen LogP contribution in [-0.4, -0.2) is 17.7 Å². The van der Waals surface area contributed by atoms with Gasteiger partial charge in [-0.25, -0.2) is 4.79 Å². The minimum atomic E-state index is -0.892. The first-order valence-electron chi connectivity index (χ1n) is 4.88. The van der Waals surface area contributed by atoms with E-state index in [0.717, 1.165) is 23.3 Å². The van der Waals surface area contributed by atoms with Crippen LogP contribution in [-0.2, 0) is 11.2 Å². The molecular weight excluding hydrogens is 192 g/mol. The van der Waals surface area contributed by atoms with Gasteiger partial charge in [0.15, 0.2) is 0 Å². The summed E-state index contributed by atoms with van der Waals surface area (Å²) in [7, 11) is 0. The number of carbonyl (C=O) groups is 1. The minimum Gasteiger partial charge on any atom is -0.493 e. The summed E-state index contributed by atoms with van der Waals surface area (Å²) in [6, 6.07) is 5.52. The highest BCUT2D eigenvalue weighted by Crippen LogP contribution is 2.28. The highest BCUT2D eigenvalue weighted by atomic mass is 16.5. The molecular formula is C12H12O3. The SMILES string of the molecule is CC=C(C(=O)O)c1ccc2c(c1)CCO2. The van der Waals surface area contributed by atoms with Crippen molar-refractivity contribution in [1.82, 2.24) is 0 Å². The summed E-state index contributed by atoms with van der Waals surface area (Å²) in [5.74, 6) is -0.0176. The van der Waals surface area contributed by atoms with Gasteiger partial charge in [0, 0.05) is 6.42 Å². The fourth-order valence-corrected chi connectivity index (χ4v) is 1.77. The van der Waals surface area contributed by atoms with Crippen LogP contribution in [0, 0.1) is 0 Å². The Morgan fingerprint density at radius 3 is 3.00 bits per heavy atom. The Hall–Kier alpha value is -1.77. The number of ether oxygens (including phenoxy) is 1. The second-order valence-electron chi connectivity index (χ2n) is 3.43. The molecule has 15 heavy (non-hydrogen) atoms. The number of aliphatic carboxylic acids is 1. The molecule has 0 atom stereocenters. The van der Waals surface area contributed by atoms with Crippen LogP contribution in [0.5, 0.6) is 5.75 Å². The highest BCUT2D eigenvalue weighted by molar-refractivity contribution is 6.15. The maximum Gasteiger partial charge on any atom is 0.335 e. The minimum absolute atomic E-state index is 0.338. The molecule has 1 N–H and O–H groups in total. The summed E-state index contributed by atoms with van der Waals surface area (Å²) in [6.45, 7) is 2.42. The van der Waals surface area contributed by atoms with Crippen molar-refractivity contribution in [1.29, 1.82) is 0 Å². The lowest BCUT2D eigenvalue weighted by atomic mass is 10.0. The molecule has 3 heteroatoms. The molecule has 1 aliphatic heterocycles. The average molecular weight is 204 g/mol. The maximum absolute atomic E-state index is 10.9. The molecule has 0 spiro atoms. The van der Waals surface area contributed by atoms with Crippen LogP contribution in [0.4, 0.5) is 0 Å². The standard InChI is InChI=1S/C12H12O3/c1-2-10(12(13)14)8-3-4-11-9(7-8)5-6-15-11/h2-4,7H,5-6H2,1H3,(H,13,14). The zero-order valence-electron chi connectivity index (χ0n) is 8.49. The Labute approximate surface area is 88.0 Å². The summed E-state index contributed by atoms with van der Waals surface area (Å²) >= 11 is 0. The highest BCUT2D eigenvalue weighted by Gasteiger charge is 2.15. The van der Waals surface area contributed by atoms with Crippen molar-refractivity contribution in [3.63, 3.8) is 0 Å². The van der Waals surface area contributed by atoms with Gasteiger partial charge in [-0.3, -0.25) is 0 Å². The zero-order chi connectivity index (χ0) is 10.8. The van der Waals surface area contributed by atoms with E-state index in [1.807, 2.05) is 12.1 Å². The maximum atomic E-state index is 10.9. The normalized spacial score (nSPS) is 14.6. The third-order valence-corrected chi connectivity index (χ3v) is 2.52. The van der Waals surface area contributed by atoms with Crippen molar-refractivity contribution < 1.29 is 14.6 Å². The van der Waals surface area contributed by atoms with Gasteiger partial charge in [0.1, 0.15) is 5.75 Å². The Morgan fingerprint density at radius 1 is 1.53 bits per heavy atom. The lowest BCUT2D eigenvalue weighted by Gasteiger charge is -2.04. The van der Waals surface area contributed by atoms with Crippen molar-refractivity contribution >= 4 is 11.5 Å². The number of carboxylic acids is 1. The van der Waals surface area contributed by atoms with E-state index in [1.165, 1.54) is 0 Å². The molecule has 0 saturated heterocycles. The topological polar surface area (TPSA) is 46.5 Å². The Bertz CT molecular complexity index is 432. The fraction of sp³-hybridized carbons (Fsp3) is 0.250. The number of rotatable bonds is 2. The number of carboxylic acid groups (broad SMARTS) is 1. The van der Waals surface area contributed by atoms with E-state index < -0.39 is 5.97 Å². The lowest BCUT2D eigenvalue weighted by molar-refractivity contribution is -0.130. The molecule has 0 aromatic heterocycles. The van der Waals surface area contributed by atoms with Gasteiger partial charge in [-0.1, -0.05) is 12.1 Å². The Morgan fingerprint density at radius 2 is 2.33 bits per heavy atom. The first-order valence-corrected chi connectivity index (χ1v) is 4.88. The number of hydrogen-bond donors (Lipinski definition) is 1. The van der Waals surface area contributed by atoms with E-state index in [1.54, 1.807) is 19.1 Å². The van der Waals surface area contributed by atoms with E-state index in [-0.39, 0.29) is 0 Å². The van der Waals surface area contributed by atoms with E-state index in [2.05, 4.69) is 0 Å². The van der Waals surface area contributed by atoms with Crippen LogP contribution in [0.2, 0.25) is 0 Å². The summed E-state index contributed by atoms with van der Waals surface area (Å²) in [5.41, 5.74) is 2.17. The zero-order valence-corrected chi connectivity index (χ0v) is 8.49. The second kappa shape index (κ2) is 3.77. The van der Waals surface area contributed by atoms with Crippen LogP contribution < -0.4 is 4.74 Å². The van der Waals surface area contributed by atoms with Gasteiger partial charge in [-0.2, -0.15) is 0 Å².